The molecule has 0 aromatic rings. The number of hydrogen-bond acceptors (Lipinski definition) is 4. The van der Waals surface area contributed by atoms with E-state index < -0.39 is 0 Å². The van der Waals surface area contributed by atoms with E-state index in [2.05, 4.69) is 0 Å². The molecular weight excluding hydrogens is 220 g/mol. The Morgan fingerprint density at radius 1 is 1.12 bits per heavy atom. The molecule has 0 spiro atoms. The minimum Gasteiger partial charge on any atom is -0.466 e. The van der Waals surface area contributed by atoms with E-state index in [-0.39, 0.29) is 23.3 Å². The number of carbonyl (C=O) groups is 2. The third-order valence-electron chi connectivity index (χ3n) is 2.48. The molecule has 1 unspecified atom stereocenters. The summed E-state index contributed by atoms with van der Waals surface area (Å²) in [7, 11) is 0. The summed E-state index contributed by atoms with van der Waals surface area (Å²) in [6.45, 7) is 10.1. The molecule has 0 aliphatic carbocycles. The first-order valence-corrected chi connectivity index (χ1v) is 6.14. The van der Waals surface area contributed by atoms with Gasteiger partial charge in [0.1, 0.15) is 0 Å². The summed E-state index contributed by atoms with van der Waals surface area (Å²) in [5.41, 5.74) is -0.252. The van der Waals surface area contributed by atoms with E-state index in [1.807, 2.05) is 20.8 Å². The highest BCUT2D eigenvalue weighted by Gasteiger charge is 2.28. The molecule has 0 radical (unpaired) electrons. The molecule has 0 saturated heterocycles. The largest absolute Gasteiger partial charge is 0.466 e. The fourth-order valence-electron chi connectivity index (χ4n) is 1.87. The highest BCUT2D eigenvalue weighted by molar-refractivity contribution is 5.73. The van der Waals surface area contributed by atoms with Crippen LogP contribution in [0.3, 0.4) is 0 Å². The number of carbonyl (C=O) groups excluding carboxylic acids is 2. The Morgan fingerprint density at radius 2 is 1.65 bits per heavy atom. The molecule has 0 heterocycles. The average Bonchev–Trinajstić information content (AvgIpc) is 2.16. The third-order valence-corrected chi connectivity index (χ3v) is 2.48. The number of esters is 2. The monoisotopic (exact) mass is 244 g/mol. The van der Waals surface area contributed by atoms with Crippen molar-refractivity contribution in [1.82, 2.24) is 0 Å². The van der Waals surface area contributed by atoms with Crippen LogP contribution in [0.25, 0.3) is 0 Å². The van der Waals surface area contributed by atoms with Crippen LogP contribution < -0.4 is 0 Å². The molecule has 0 saturated carbocycles. The lowest BCUT2D eigenvalue weighted by Crippen LogP contribution is -2.25. The minimum atomic E-state index is -0.252. The Bertz CT molecular complexity index is 258. The van der Waals surface area contributed by atoms with E-state index >= 15 is 0 Å². The van der Waals surface area contributed by atoms with E-state index in [1.54, 1.807) is 13.8 Å². The van der Waals surface area contributed by atoms with Crippen LogP contribution in [0, 0.1) is 11.3 Å². The lowest BCUT2D eigenvalue weighted by molar-refractivity contribution is -0.151. The second kappa shape index (κ2) is 7.30. The van der Waals surface area contributed by atoms with E-state index in [0.717, 1.165) is 0 Å². The summed E-state index contributed by atoms with van der Waals surface area (Å²) < 4.78 is 9.86. The average molecular weight is 244 g/mol. The molecule has 4 nitrogen and oxygen atoms in total. The van der Waals surface area contributed by atoms with Crippen molar-refractivity contribution in [2.45, 2.75) is 47.5 Å². The van der Waals surface area contributed by atoms with Gasteiger partial charge in [0.15, 0.2) is 0 Å². The third kappa shape index (κ3) is 6.97. The highest BCUT2D eigenvalue weighted by atomic mass is 16.5. The van der Waals surface area contributed by atoms with Crippen LogP contribution >= 0.6 is 0 Å². The quantitative estimate of drug-likeness (QED) is 0.646. The van der Waals surface area contributed by atoms with E-state index in [9.17, 15) is 9.59 Å². The maximum Gasteiger partial charge on any atom is 0.308 e. The summed E-state index contributed by atoms with van der Waals surface area (Å²) in [6.07, 6.45) is 0.940. The number of ether oxygens (including phenoxy) is 2. The smallest absolute Gasteiger partial charge is 0.308 e. The van der Waals surface area contributed by atoms with Gasteiger partial charge in [-0.1, -0.05) is 20.8 Å². The summed E-state index contributed by atoms with van der Waals surface area (Å²) in [5, 5.41) is 0. The zero-order valence-electron chi connectivity index (χ0n) is 11.5. The van der Waals surface area contributed by atoms with Gasteiger partial charge in [-0.25, -0.2) is 0 Å². The van der Waals surface area contributed by atoms with Crippen molar-refractivity contribution in [3.63, 3.8) is 0 Å². The molecular formula is C13H24O4. The first kappa shape index (κ1) is 15.9. The zero-order valence-corrected chi connectivity index (χ0v) is 11.5. The van der Waals surface area contributed by atoms with Gasteiger partial charge in [-0.15, -0.1) is 0 Å². The lowest BCUT2D eigenvalue weighted by Gasteiger charge is -2.26. The van der Waals surface area contributed by atoms with Gasteiger partial charge in [0, 0.05) is 0 Å². The molecule has 0 N–H and O–H groups in total. The second-order valence-electron chi connectivity index (χ2n) is 5.00. The molecule has 0 aromatic heterocycles. The van der Waals surface area contributed by atoms with Crippen molar-refractivity contribution in [2.75, 3.05) is 13.2 Å². The SMILES string of the molecule is CCOC(=O)CC(C)(C)CC(C)C(=O)OCC. The molecule has 1 atom stereocenters. The predicted octanol–water partition coefficient (Wildman–Crippen LogP) is 2.56. The van der Waals surface area contributed by atoms with Gasteiger partial charge in [-0.3, -0.25) is 9.59 Å². The normalized spacial score (nSPS) is 13.0. The van der Waals surface area contributed by atoms with Crippen LogP contribution in [0.5, 0.6) is 0 Å². The van der Waals surface area contributed by atoms with Crippen LogP contribution in [-0.2, 0) is 19.1 Å². The van der Waals surface area contributed by atoms with Gasteiger partial charge in [-0.2, -0.15) is 0 Å². The summed E-state index contributed by atoms with van der Waals surface area (Å²) in [4.78, 5) is 22.9. The summed E-state index contributed by atoms with van der Waals surface area (Å²) in [6, 6.07) is 0. The Labute approximate surface area is 104 Å². The molecule has 0 aromatic carbocycles. The Kier molecular flexibility index (Phi) is 6.85. The highest BCUT2D eigenvalue weighted by Crippen LogP contribution is 2.30. The fraction of sp³-hybridized carbons (Fsp3) is 0.846. The van der Waals surface area contributed by atoms with Gasteiger partial charge in [0.25, 0.3) is 0 Å². The van der Waals surface area contributed by atoms with E-state index in [1.165, 1.54) is 0 Å². The molecule has 0 aliphatic heterocycles. The topological polar surface area (TPSA) is 52.6 Å². The fourth-order valence-corrected chi connectivity index (χ4v) is 1.87. The summed E-state index contributed by atoms with van der Waals surface area (Å²) >= 11 is 0. The molecule has 0 rings (SSSR count). The van der Waals surface area contributed by atoms with Crippen molar-refractivity contribution in [3.8, 4) is 0 Å². The van der Waals surface area contributed by atoms with Crippen molar-refractivity contribution < 1.29 is 19.1 Å². The maximum atomic E-state index is 11.5. The van der Waals surface area contributed by atoms with E-state index in [0.29, 0.717) is 26.1 Å². The Hall–Kier alpha value is -1.06. The van der Waals surface area contributed by atoms with Gasteiger partial charge < -0.3 is 9.47 Å². The predicted molar refractivity (Wildman–Crippen MR) is 65.4 cm³/mol. The van der Waals surface area contributed by atoms with Crippen molar-refractivity contribution in [2.24, 2.45) is 11.3 Å². The van der Waals surface area contributed by atoms with Crippen LogP contribution in [0.1, 0.15) is 47.5 Å². The van der Waals surface area contributed by atoms with Crippen LogP contribution in [0.15, 0.2) is 0 Å². The van der Waals surface area contributed by atoms with E-state index in [4.69, 9.17) is 9.47 Å². The Balaban J connectivity index is 4.23. The molecule has 17 heavy (non-hydrogen) atoms. The molecule has 0 amide bonds. The minimum absolute atomic E-state index is 0.195. The van der Waals surface area contributed by atoms with Crippen LogP contribution in [0.4, 0.5) is 0 Å². The van der Waals surface area contributed by atoms with Crippen LogP contribution in [0.2, 0.25) is 0 Å². The molecule has 0 aliphatic rings. The van der Waals surface area contributed by atoms with Crippen LogP contribution in [-0.4, -0.2) is 25.2 Å². The summed E-state index contributed by atoms with van der Waals surface area (Å²) in [5.74, 6) is -0.614. The van der Waals surface area contributed by atoms with Crippen molar-refractivity contribution in [3.05, 3.63) is 0 Å². The molecule has 100 valence electrons. The Morgan fingerprint density at radius 3 is 2.12 bits per heavy atom. The van der Waals surface area contributed by atoms with Gasteiger partial charge in [0.05, 0.1) is 25.6 Å². The zero-order chi connectivity index (χ0) is 13.5. The molecule has 0 bridgehead atoms. The maximum absolute atomic E-state index is 11.5. The lowest BCUT2D eigenvalue weighted by atomic mass is 9.80. The second-order valence-corrected chi connectivity index (χ2v) is 5.00. The van der Waals surface area contributed by atoms with Crippen molar-refractivity contribution >= 4 is 11.9 Å². The van der Waals surface area contributed by atoms with Gasteiger partial charge >= 0.3 is 11.9 Å². The first-order valence-electron chi connectivity index (χ1n) is 6.14. The number of rotatable bonds is 7. The van der Waals surface area contributed by atoms with Crippen molar-refractivity contribution in [1.29, 1.82) is 0 Å². The number of hydrogen-bond donors (Lipinski definition) is 0. The standard InChI is InChI=1S/C13H24O4/c1-6-16-11(14)9-13(4,5)8-10(3)12(15)17-7-2/h10H,6-9H2,1-5H3. The van der Waals surface area contributed by atoms with Gasteiger partial charge in [0.2, 0.25) is 0 Å². The van der Waals surface area contributed by atoms with Gasteiger partial charge in [-0.05, 0) is 25.7 Å². The molecule has 4 heteroatoms. The molecule has 0 fully saturated rings. The first-order chi connectivity index (χ1) is 7.82.